The van der Waals surface area contributed by atoms with E-state index in [1.165, 1.54) is 14.2 Å². The summed E-state index contributed by atoms with van der Waals surface area (Å²) in [6.45, 7) is 3.21. The van der Waals surface area contributed by atoms with Gasteiger partial charge in [0, 0.05) is 6.07 Å². The fourth-order valence-corrected chi connectivity index (χ4v) is 1.57. The number of ether oxygens (including phenoxy) is 2. The molecule has 0 aliphatic carbocycles. The first kappa shape index (κ1) is 14.4. The van der Waals surface area contributed by atoms with Gasteiger partial charge in [-0.25, -0.2) is 0 Å². The molecule has 0 fully saturated rings. The highest BCUT2D eigenvalue weighted by Crippen LogP contribution is 2.36. The van der Waals surface area contributed by atoms with Crippen LogP contribution >= 0.6 is 0 Å². The van der Waals surface area contributed by atoms with Crippen LogP contribution in [0.3, 0.4) is 0 Å². The Hall–Kier alpha value is -1.66. The summed E-state index contributed by atoms with van der Waals surface area (Å²) in [5, 5.41) is 24.4. The van der Waals surface area contributed by atoms with Crippen molar-refractivity contribution in [3.8, 4) is 11.5 Å². The zero-order chi connectivity index (χ0) is 13.7. The summed E-state index contributed by atoms with van der Waals surface area (Å²) in [6.07, 6.45) is -1.43. The van der Waals surface area contributed by atoms with Gasteiger partial charge in [-0.15, -0.1) is 0 Å². The molecule has 0 spiro atoms. The lowest BCUT2D eigenvalue weighted by Gasteiger charge is -2.19. The largest absolute Gasteiger partial charge is 0.494 e. The normalized spacial score (nSPS) is 13.7. The van der Waals surface area contributed by atoms with Crippen molar-refractivity contribution in [1.29, 1.82) is 0 Å². The number of rotatable bonds is 6. The lowest BCUT2D eigenvalue weighted by atomic mass is 10.2. The first-order valence-electron chi connectivity index (χ1n) is 5.63. The first-order valence-corrected chi connectivity index (χ1v) is 5.63. The highest BCUT2D eigenvalue weighted by molar-refractivity contribution is 5.71. The van der Waals surface area contributed by atoms with Crippen molar-refractivity contribution >= 4 is 11.4 Å². The van der Waals surface area contributed by atoms with E-state index in [4.69, 9.17) is 9.47 Å². The molecule has 0 bridgehead atoms. The van der Waals surface area contributed by atoms with Gasteiger partial charge in [0.25, 0.3) is 0 Å². The quantitative estimate of drug-likeness (QED) is 0.573. The van der Waals surface area contributed by atoms with E-state index in [-0.39, 0.29) is 0 Å². The SMILES string of the molecule is COc1cc(OC)c(NC(C)O)cc1NC(C)O. The molecule has 0 aliphatic heterocycles. The van der Waals surface area contributed by atoms with Gasteiger partial charge in [0.15, 0.2) is 0 Å². The van der Waals surface area contributed by atoms with E-state index in [2.05, 4.69) is 10.6 Å². The van der Waals surface area contributed by atoms with Gasteiger partial charge in [0.1, 0.15) is 24.0 Å². The summed E-state index contributed by atoms with van der Waals surface area (Å²) in [5.41, 5.74) is 1.22. The van der Waals surface area contributed by atoms with Crippen LogP contribution < -0.4 is 20.1 Å². The summed E-state index contributed by atoms with van der Waals surface area (Å²) < 4.78 is 10.4. The average Bonchev–Trinajstić information content (AvgIpc) is 2.28. The molecule has 0 amide bonds. The van der Waals surface area contributed by atoms with Crippen molar-refractivity contribution in [2.24, 2.45) is 0 Å². The summed E-state index contributed by atoms with van der Waals surface area (Å²) in [7, 11) is 3.06. The zero-order valence-corrected chi connectivity index (χ0v) is 11.0. The molecule has 6 heteroatoms. The third-order valence-corrected chi connectivity index (χ3v) is 2.25. The predicted molar refractivity (Wildman–Crippen MR) is 70.2 cm³/mol. The monoisotopic (exact) mass is 256 g/mol. The van der Waals surface area contributed by atoms with Crippen LogP contribution in [0.2, 0.25) is 0 Å². The molecule has 0 saturated heterocycles. The Morgan fingerprint density at radius 2 is 1.28 bits per heavy atom. The van der Waals surface area contributed by atoms with Crippen molar-refractivity contribution in [3.63, 3.8) is 0 Å². The van der Waals surface area contributed by atoms with Gasteiger partial charge in [-0.1, -0.05) is 0 Å². The molecule has 0 radical (unpaired) electrons. The second kappa shape index (κ2) is 6.32. The van der Waals surface area contributed by atoms with E-state index in [0.717, 1.165) is 0 Å². The Morgan fingerprint density at radius 1 is 0.889 bits per heavy atom. The van der Waals surface area contributed by atoms with E-state index in [1.807, 2.05) is 0 Å². The molecule has 1 rings (SSSR count). The van der Waals surface area contributed by atoms with E-state index < -0.39 is 12.5 Å². The molecule has 1 aromatic carbocycles. The zero-order valence-electron chi connectivity index (χ0n) is 11.0. The molecular weight excluding hydrogens is 236 g/mol. The molecule has 4 N–H and O–H groups in total. The van der Waals surface area contributed by atoms with E-state index >= 15 is 0 Å². The molecule has 0 saturated carbocycles. The molecule has 1 aromatic rings. The summed E-state index contributed by atoms with van der Waals surface area (Å²) >= 11 is 0. The molecule has 2 unspecified atom stereocenters. The molecule has 0 heterocycles. The van der Waals surface area contributed by atoms with Crippen LogP contribution in [-0.4, -0.2) is 36.9 Å². The number of anilines is 2. The molecule has 18 heavy (non-hydrogen) atoms. The molecular formula is C12H20N2O4. The Kier molecular flexibility index (Phi) is 5.06. The number of hydrogen-bond donors (Lipinski definition) is 4. The maximum absolute atomic E-state index is 9.36. The first-order chi connectivity index (χ1) is 8.47. The van der Waals surface area contributed by atoms with Crippen molar-refractivity contribution < 1.29 is 19.7 Å². The number of aliphatic hydroxyl groups excluding tert-OH is 2. The van der Waals surface area contributed by atoms with Crippen LogP contribution in [-0.2, 0) is 0 Å². The van der Waals surface area contributed by atoms with E-state index in [9.17, 15) is 10.2 Å². The minimum atomic E-state index is -0.716. The molecule has 6 nitrogen and oxygen atoms in total. The van der Waals surface area contributed by atoms with Crippen molar-refractivity contribution in [3.05, 3.63) is 12.1 Å². The maximum Gasteiger partial charge on any atom is 0.145 e. The van der Waals surface area contributed by atoms with Crippen LogP contribution in [0.1, 0.15) is 13.8 Å². The minimum absolute atomic E-state index is 0.545. The second-order valence-electron chi connectivity index (χ2n) is 3.89. The third-order valence-electron chi connectivity index (χ3n) is 2.25. The van der Waals surface area contributed by atoms with E-state index in [0.29, 0.717) is 22.9 Å². The number of aliphatic hydroxyl groups is 2. The Labute approximate surface area is 107 Å². The number of methoxy groups -OCH3 is 2. The number of benzene rings is 1. The fraction of sp³-hybridized carbons (Fsp3) is 0.500. The minimum Gasteiger partial charge on any atom is -0.494 e. The van der Waals surface area contributed by atoms with Crippen molar-refractivity contribution in [2.75, 3.05) is 24.9 Å². The summed E-state index contributed by atoms with van der Waals surface area (Å²) in [5.74, 6) is 1.09. The predicted octanol–water partition coefficient (Wildman–Crippen LogP) is 1.20. The molecule has 0 aromatic heterocycles. The molecule has 2 atom stereocenters. The maximum atomic E-state index is 9.36. The van der Waals surface area contributed by atoms with Gasteiger partial charge in [0.2, 0.25) is 0 Å². The van der Waals surface area contributed by atoms with Crippen molar-refractivity contribution in [2.45, 2.75) is 26.3 Å². The van der Waals surface area contributed by atoms with Gasteiger partial charge in [-0.05, 0) is 19.9 Å². The standard InChI is InChI=1S/C12H20N2O4/c1-7(15)13-9-5-10(14-8(2)16)12(18-4)6-11(9)17-3/h5-8,13-16H,1-4H3. The molecule has 102 valence electrons. The average molecular weight is 256 g/mol. The lowest BCUT2D eigenvalue weighted by Crippen LogP contribution is -2.17. The summed E-state index contributed by atoms with van der Waals surface area (Å²) in [6, 6.07) is 3.38. The van der Waals surface area contributed by atoms with Crippen LogP contribution in [0.15, 0.2) is 12.1 Å². The number of hydrogen-bond acceptors (Lipinski definition) is 6. The third kappa shape index (κ3) is 3.68. The summed E-state index contributed by atoms with van der Waals surface area (Å²) in [4.78, 5) is 0. The van der Waals surface area contributed by atoms with Gasteiger partial charge in [0.05, 0.1) is 25.6 Å². The van der Waals surface area contributed by atoms with Crippen LogP contribution in [0.5, 0.6) is 11.5 Å². The molecule has 0 aliphatic rings. The van der Waals surface area contributed by atoms with Crippen molar-refractivity contribution in [1.82, 2.24) is 0 Å². The number of nitrogens with one attached hydrogen (secondary N) is 2. The van der Waals surface area contributed by atoms with Gasteiger partial charge in [-0.3, -0.25) is 0 Å². The Morgan fingerprint density at radius 3 is 1.56 bits per heavy atom. The van der Waals surface area contributed by atoms with Gasteiger partial charge in [-0.2, -0.15) is 0 Å². The van der Waals surface area contributed by atoms with Gasteiger partial charge < -0.3 is 30.3 Å². The Balaban J connectivity index is 3.15. The Bertz CT molecular complexity index is 361. The highest BCUT2D eigenvalue weighted by Gasteiger charge is 2.13. The van der Waals surface area contributed by atoms with Crippen LogP contribution in [0.4, 0.5) is 11.4 Å². The fourth-order valence-electron chi connectivity index (χ4n) is 1.57. The lowest BCUT2D eigenvalue weighted by molar-refractivity contribution is 0.223. The van der Waals surface area contributed by atoms with E-state index in [1.54, 1.807) is 26.0 Å². The smallest absolute Gasteiger partial charge is 0.145 e. The van der Waals surface area contributed by atoms with Gasteiger partial charge >= 0.3 is 0 Å². The van der Waals surface area contributed by atoms with Crippen LogP contribution in [0, 0.1) is 0 Å². The topological polar surface area (TPSA) is 83.0 Å². The highest BCUT2D eigenvalue weighted by atomic mass is 16.5. The van der Waals surface area contributed by atoms with Crippen LogP contribution in [0.25, 0.3) is 0 Å². The second-order valence-corrected chi connectivity index (χ2v) is 3.89.